The predicted molar refractivity (Wildman–Crippen MR) is 112 cm³/mol. The van der Waals surface area contributed by atoms with Crippen molar-refractivity contribution in [3.05, 3.63) is 59.5 Å². The number of hydrogen-bond donors (Lipinski definition) is 1. The van der Waals surface area contributed by atoms with Crippen LogP contribution >= 0.6 is 0 Å². The molecular formula is C23H23N2O4. The maximum absolute atomic E-state index is 12.7. The zero-order valence-electron chi connectivity index (χ0n) is 16.7. The monoisotopic (exact) mass is 391 g/mol. The normalized spacial score (nSPS) is 14.6. The molecule has 6 nitrogen and oxygen atoms in total. The van der Waals surface area contributed by atoms with Crippen LogP contribution in [0.15, 0.2) is 42.3 Å². The van der Waals surface area contributed by atoms with Crippen molar-refractivity contribution < 1.29 is 19.4 Å². The van der Waals surface area contributed by atoms with Crippen LogP contribution in [-0.2, 0) is 6.54 Å². The van der Waals surface area contributed by atoms with E-state index in [1.807, 2.05) is 24.4 Å². The fraction of sp³-hybridized carbons (Fsp3) is 0.261. The highest BCUT2D eigenvalue weighted by Crippen LogP contribution is 2.35. The second kappa shape index (κ2) is 7.64. The highest BCUT2D eigenvalue weighted by molar-refractivity contribution is 6.15. The number of fused-ring (bicyclic) bond motifs is 2. The van der Waals surface area contributed by atoms with E-state index in [-0.39, 0.29) is 17.3 Å². The van der Waals surface area contributed by atoms with E-state index in [0.29, 0.717) is 11.3 Å². The van der Waals surface area contributed by atoms with E-state index < -0.39 is 0 Å². The zero-order valence-corrected chi connectivity index (χ0v) is 16.7. The van der Waals surface area contributed by atoms with Gasteiger partial charge >= 0.3 is 0 Å². The Labute approximate surface area is 169 Å². The molecule has 1 aliphatic rings. The molecule has 0 fully saturated rings. The number of nitrogens with zero attached hydrogens (tertiary/aromatic N) is 2. The third kappa shape index (κ3) is 3.71. The summed E-state index contributed by atoms with van der Waals surface area (Å²) in [4.78, 5) is 14.8. The van der Waals surface area contributed by atoms with Crippen LogP contribution in [0.5, 0.6) is 17.2 Å². The maximum atomic E-state index is 12.7. The van der Waals surface area contributed by atoms with Gasteiger partial charge in [-0.05, 0) is 57.4 Å². The Kier molecular flexibility index (Phi) is 5.03. The molecule has 0 aliphatic carbocycles. The van der Waals surface area contributed by atoms with E-state index in [9.17, 15) is 9.90 Å². The van der Waals surface area contributed by atoms with Crippen LogP contribution in [0.25, 0.3) is 17.0 Å². The third-order valence-corrected chi connectivity index (χ3v) is 4.97. The molecule has 6 heteroatoms. The Morgan fingerprint density at radius 2 is 2.14 bits per heavy atom. The molecule has 0 spiro atoms. The lowest BCUT2D eigenvalue weighted by Crippen LogP contribution is -2.14. The van der Waals surface area contributed by atoms with Gasteiger partial charge in [0, 0.05) is 41.3 Å². The van der Waals surface area contributed by atoms with E-state index in [1.165, 1.54) is 12.1 Å². The highest BCUT2D eigenvalue weighted by Gasteiger charge is 2.28. The summed E-state index contributed by atoms with van der Waals surface area (Å²) in [6.07, 6.45) is 4.79. The highest BCUT2D eigenvalue weighted by atomic mass is 16.5. The Bertz CT molecular complexity index is 1110. The van der Waals surface area contributed by atoms with Gasteiger partial charge in [0.25, 0.3) is 0 Å². The summed E-state index contributed by atoms with van der Waals surface area (Å²) in [6.45, 7) is 1.85. The quantitative estimate of drug-likeness (QED) is 0.649. The Hall–Kier alpha value is -3.25. The molecule has 2 heterocycles. The first-order chi connectivity index (χ1) is 14.0. The summed E-state index contributed by atoms with van der Waals surface area (Å²) in [5.74, 6) is 1.07. The minimum Gasteiger partial charge on any atom is -0.508 e. The summed E-state index contributed by atoms with van der Waals surface area (Å²) in [5, 5.41) is 10.6. The number of benzene rings is 2. The second-order valence-electron chi connectivity index (χ2n) is 7.35. The van der Waals surface area contributed by atoms with Crippen LogP contribution in [0.2, 0.25) is 0 Å². The Morgan fingerprint density at radius 1 is 1.31 bits per heavy atom. The lowest BCUT2D eigenvalue weighted by Gasteiger charge is -2.10. The van der Waals surface area contributed by atoms with E-state index in [0.717, 1.165) is 41.7 Å². The molecule has 1 aromatic heterocycles. The predicted octanol–water partition coefficient (Wildman–Crippen LogP) is 3.72. The summed E-state index contributed by atoms with van der Waals surface area (Å²) in [5.41, 5.74) is 2.29. The van der Waals surface area contributed by atoms with Gasteiger partial charge in [-0.25, -0.2) is 0 Å². The van der Waals surface area contributed by atoms with Gasteiger partial charge in [-0.1, -0.05) is 0 Å². The van der Waals surface area contributed by atoms with Gasteiger partial charge in [-0.15, -0.1) is 0 Å². The van der Waals surface area contributed by atoms with Crippen molar-refractivity contribution in [3.63, 3.8) is 0 Å². The van der Waals surface area contributed by atoms with Gasteiger partial charge in [0.1, 0.15) is 17.2 Å². The first kappa shape index (κ1) is 19.1. The van der Waals surface area contributed by atoms with Gasteiger partial charge in [-0.3, -0.25) is 4.79 Å². The second-order valence-corrected chi connectivity index (χ2v) is 7.35. The molecule has 149 valence electrons. The standard InChI is InChI=1S/C23H23N2O4/c1-24(2)9-4-10-25-14-15(19-13-17(28-3)6-8-20(19)25)11-22-23(27)18-7-5-16(26)12-21(18)29-22/h5-6,8,11-14,26H,4,9-10H2,1-3H3. The number of methoxy groups -OCH3 is 1. The average molecular weight is 391 g/mol. The molecule has 0 bridgehead atoms. The van der Waals surface area contributed by atoms with E-state index in [1.54, 1.807) is 13.2 Å². The van der Waals surface area contributed by atoms with Gasteiger partial charge < -0.3 is 24.0 Å². The van der Waals surface area contributed by atoms with E-state index in [2.05, 4.69) is 29.6 Å². The fourth-order valence-corrected chi connectivity index (χ4v) is 3.54. The summed E-state index contributed by atoms with van der Waals surface area (Å²) >= 11 is 0. The lowest BCUT2D eigenvalue weighted by molar-refractivity contribution is 0.101. The number of aryl methyl sites for hydroxylation is 1. The van der Waals surface area contributed by atoms with Crippen LogP contribution < -0.4 is 9.47 Å². The number of phenols is 1. The van der Waals surface area contributed by atoms with Crippen molar-refractivity contribution in [2.24, 2.45) is 0 Å². The summed E-state index contributed by atoms with van der Waals surface area (Å²) in [6, 6.07) is 11.5. The van der Waals surface area contributed by atoms with E-state index >= 15 is 0 Å². The molecule has 0 amide bonds. The number of aromatic nitrogens is 1. The maximum Gasteiger partial charge on any atom is 0.232 e. The third-order valence-electron chi connectivity index (χ3n) is 4.97. The molecule has 4 rings (SSSR count). The molecule has 29 heavy (non-hydrogen) atoms. The Balaban J connectivity index is 1.73. The Morgan fingerprint density at radius 3 is 2.90 bits per heavy atom. The van der Waals surface area contributed by atoms with Gasteiger partial charge in [-0.2, -0.15) is 0 Å². The van der Waals surface area contributed by atoms with Crippen LogP contribution in [0.3, 0.4) is 0 Å². The number of ketones is 1. The number of ether oxygens (including phenoxy) is 2. The van der Waals surface area contributed by atoms with Crippen molar-refractivity contribution in [2.75, 3.05) is 27.7 Å². The van der Waals surface area contributed by atoms with Crippen LogP contribution in [0.4, 0.5) is 0 Å². The van der Waals surface area contributed by atoms with Gasteiger partial charge in [0.05, 0.1) is 12.7 Å². The number of phenolic OH excluding ortho intramolecular Hbond substituents is 1. The van der Waals surface area contributed by atoms with Crippen molar-refractivity contribution >= 4 is 22.8 Å². The molecule has 0 unspecified atom stereocenters. The molecule has 0 saturated carbocycles. The minimum absolute atomic E-state index is 0.0139. The van der Waals surface area contributed by atoms with Crippen molar-refractivity contribution in [1.29, 1.82) is 0 Å². The number of carbonyl (C=O) groups is 1. The SMILES string of the molecule is COc1ccc2c(c1)c(C=C1Oc3cc(O)c[c]c3C1=O)cn2CCCN(C)C. The molecule has 1 aliphatic heterocycles. The molecular weight excluding hydrogens is 368 g/mol. The minimum atomic E-state index is -0.239. The number of Topliss-reactive ketones (excluding diaryl/α,β-unsaturated/α-hetero) is 1. The first-order valence-corrected chi connectivity index (χ1v) is 9.47. The fourth-order valence-electron chi connectivity index (χ4n) is 3.54. The molecule has 0 atom stereocenters. The smallest absolute Gasteiger partial charge is 0.232 e. The van der Waals surface area contributed by atoms with Gasteiger partial charge in [0.15, 0.2) is 5.76 Å². The number of aromatic hydroxyl groups is 1. The summed E-state index contributed by atoms with van der Waals surface area (Å²) in [7, 11) is 5.75. The van der Waals surface area contributed by atoms with Crippen LogP contribution in [0.1, 0.15) is 22.3 Å². The molecule has 0 saturated heterocycles. The first-order valence-electron chi connectivity index (χ1n) is 9.47. The van der Waals surface area contributed by atoms with Crippen LogP contribution in [0, 0.1) is 6.07 Å². The number of hydrogen-bond acceptors (Lipinski definition) is 5. The van der Waals surface area contributed by atoms with Crippen molar-refractivity contribution in [1.82, 2.24) is 9.47 Å². The number of rotatable bonds is 6. The average Bonchev–Trinajstić information content (AvgIpc) is 3.19. The van der Waals surface area contributed by atoms with Crippen LogP contribution in [-0.4, -0.2) is 48.1 Å². The molecule has 1 N–H and O–H groups in total. The zero-order chi connectivity index (χ0) is 20.5. The summed E-state index contributed by atoms with van der Waals surface area (Å²) < 4.78 is 13.3. The van der Waals surface area contributed by atoms with E-state index in [4.69, 9.17) is 9.47 Å². The molecule has 2 aromatic carbocycles. The van der Waals surface area contributed by atoms with Crippen molar-refractivity contribution in [3.8, 4) is 17.2 Å². The molecule has 1 radical (unpaired) electrons. The largest absolute Gasteiger partial charge is 0.508 e. The number of allylic oxidation sites excluding steroid dienone is 1. The lowest BCUT2D eigenvalue weighted by atomic mass is 10.1. The van der Waals surface area contributed by atoms with Crippen molar-refractivity contribution in [2.45, 2.75) is 13.0 Å². The van der Waals surface area contributed by atoms with Gasteiger partial charge in [0.2, 0.25) is 5.78 Å². The molecule has 3 aromatic rings. The topological polar surface area (TPSA) is 63.9 Å². The number of carbonyl (C=O) groups excluding carboxylic acids is 1.